The summed E-state index contributed by atoms with van der Waals surface area (Å²) in [6.07, 6.45) is 5.55. The van der Waals surface area contributed by atoms with Crippen LogP contribution in [-0.2, 0) is 14.3 Å². The molecular weight excluding hydrogens is 180 g/mol. The molecule has 3 heteroatoms. The van der Waals surface area contributed by atoms with Crippen molar-refractivity contribution in [1.82, 2.24) is 0 Å². The Morgan fingerprint density at radius 2 is 1.93 bits per heavy atom. The van der Waals surface area contributed by atoms with Crippen LogP contribution in [0.4, 0.5) is 0 Å². The Labute approximate surface area is 85.8 Å². The van der Waals surface area contributed by atoms with Gasteiger partial charge in [-0.1, -0.05) is 32.6 Å². The average Bonchev–Trinajstić information content (AvgIpc) is 2.21. The van der Waals surface area contributed by atoms with Crippen LogP contribution in [0.25, 0.3) is 0 Å². The van der Waals surface area contributed by atoms with Crippen LogP contribution in [0.5, 0.6) is 0 Å². The summed E-state index contributed by atoms with van der Waals surface area (Å²) in [5, 5.41) is 0. The van der Waals surface area contributed by atoms with Gasteiger partial charge in [0.05, 0.1) is 0 Å². The monoisotopic (exact) mass is 200 g/mol. The standard InChI is InChI=1S/C11H20O3/c1-3-4-5-6-7-8-14-10(2)11(13)9-12/h9-10H,3-8H2,1-2H3. The van der Waals surface area contributed by atoms with Gasteiger partial charge in [0.25, 0.3) is 0 Å². The molecule has 0 aromatic heterocycles. The molecule has 1 atom stereocenters. The number of rotatable bonds is 9. The summed E-state index contributed by atoms with van der Waals surface area (Å²) in [6.45, 7) is 4.36. The first kappa shape index (κ1) is 13.3. The molecule has 0 rings (SSSR count). The quantitative estimate of drug-likeness (QED) is 0.325. The summed E-state index contributed by atoms with van der Waals surface area (Å²) >= 11 is 0. The van der Waals surface area contributed by atoms with E-state index in [-0.39, 0.29) is 0 Å². The minimum Gasteiger partial charge on any atom is -0.370 e. The van der Waals surface area contributed by atoms with Gasteiger partial charge in [-0.2, -0.15) is 0 Å². The molecule has 0 aromatic rings. The molecule has 0 bridgehead atoms. The number of aldehydes is 1. The van der Waals surface area contributed by atoms with Crippen LogP contribution in [0.15, 0.2) is 0 Å². The summed E-state index contributed by atoms with van der Waals surface area (Å²) in [5.74, 6) is -0.474. The third-order valence-electron chi connectivity index (χ3n) is 2.13. The number of hydrogen-bond acceptors (Lipinski definition) is 3. The molecule has 3 nitrogen and oxygen atoms in total. The number of carbonyl (C=O) groups excluding carboxylic acids is 2. The molecule has 0 saturated heterocycles. The van der Waals surface area contributed by atoms with Crippen LogP contribution in [0.3, 0.4) is 0 Å². The molecule has 0 N–H and O–H groups in total. The smallest absolute Gasteiger partial charge is 0.223 e. The van der Waals surface area contributed by atoms with Crippen molar-refractivity contribution in [2.45, 2.75) is 52.1 Å². The van der Waals surface area contributed by atoms with Gasteiger partial charge in [-0.05, 0) is 13.3 Å². The van der Waals surface area contributed by atoms with Gasteiger partial charge in [-0.3, -0.25) is 9.59 Å². The first-order valence-electron chi connectivity index (χ1n) is 5.33. The van der Waals surface area contributed by atoms with Gasteiger partial charge in [-0.25, -0.2) is 0 Å². The van der Waals surface area contributed by atoms with E-state index in [1.807, 2.05) is 0 Å². The zero-order chi connectivity index (χ0) is 10.8. The number of Topliss-reactive ketones (excluding diaryl/α,β-unsaturated/α-hetero) is 1. The summed E-state index contributed by atoms with van der Waals surface area (Å²) < 4.78 is 5.19. The van der Waals surface area contributed by atoms with Crippen molar-refractivity contribution in [3.63, 3.8) is 0 Å². The van der Waals surface area contributed by atoms with Crippen molar-refractivity contribution in [3.8, 4) is 0 Å². The third kappa shape index (κ3) is 6.78. The van der Waals surface area contributed by atoms with E-state index in [2.05, 4.69) is 6.92 Å². The number of unbranched alkanes of at least 4 members (excludes halogenated alkanes) is 4. The third-order valence-corrected chi connectivity index (χ3v) is 2.13. The van der Waals surface area contributed by atoms with Crippen LogP contribution >= 0.6 is 0 Å². The van der Waals surface area contributed by atoms with Gasteiger partial charge in [-0.15, -0.1) is 0 Å². The first-order valence-corrected chi connectivity index (χ1v) is 5.33. The topological polar surface area (TPSA) is 43.4 Å². The number of carbonyl (C=O) groups is 2. The highest BCUT2D eigenvalue weighted by atomic mass is 16.5. The molecule has 1 unspecified atom stereocenters. The van der Waals surface area contributed by atoms with Crippen LogP contribution in [0.2, 0.25) is 0 Å². The van der Waals surface area contributed by atoms with E-state index in [0.717, 1.165) is 12.8 Å². The Bertz CT molecular complexity index is 166. The van der Waals surface area contributed by atoms with Crippen molar-refractivity contribution in [3.05, 3.63) is 0 Å². The van der Waals surface area contributed by atoms with Gasteiger partial charge in [0, 0.05) is 6.61 Å². The predicted octanol–water partition coefficient (Wildman–Crippen LogP) is 2.13. The Kier molecular flexibility index (Phi) is 8.43. The highest BCUT2D eigenvalue weighted by Crippen LogP contribution is 2.03. The summed E-state index contributed by atoms with van der Waals surface area (Å²) in [5.41, 5.74) is 0. The lowest BCUT2D eigenvalue weighted by molar-refractivity contribution is -0.137. The average molecular weight is 200 g/mol. The summed E-state index contributed by atoms with van der Waals surface area (Å²) in [4.78, 5) is 20.9. The van der Waals surface area contributed by atoms with Gasteiger partial charge >= 0.3 is 0 Å². The second kappa shape index (κ2) is 8.88. The molecule has 0 aliphatic heterocycles. The molecule has 0 fully saturated rings. The van der Waals surface area contributed by atoms with Crippen molar-refractivity contribution in [2.24, 2.45) is 0 Å². The molecule has 0 aliphatic carbocycles. The summed E-state index contributed by atoms with van der Waals surface area (Å²) in [6, 6.07) is 0. The Morgan fingerprint density at radius 1 is 1.29 bits per heavy atom. The lowest BCUT2D eigenvalue weighted by Gasteiger charge is -2.08. The van der Waals surface area contributed by atoms with Gasteiger partial charge < -0.3 is 4.74 Å². The SMILES string of the molecule is CCCCCCCOC(C)C(=O)C=O. The fourth-order valence-corrected chi connectivity index (χ4v) is 1.14. The molecule has 0 aromatic carbocycles. The van der Waals surface area contributed by atoms with E-state index in [0.29, 0.717) is 12.9 Å². The van der Waals surface area contributed by atoms with E-state index in [1.54, 1.807) is 6.92 Å². The van der Waals surface area contributed by atoms with Gasteiger partial charge in [0.1, 0.15) is 6.10 Å². The second-order valence-electron chi connectivity index (χ2n) is 3.45. The minimum atomic E-state index is -0.571. The molecule has 14 heavy (non-hydrogen) atoms. The minimum absolute atomic E-state index is 0.321. The van der Waals surface area contributed by atoms with E-state index in [1.165, 1.54) is 19.3 Å². The van der Waals surface area contributed by atoms with Gasteiger partial charge in [0.2, 0.25) is 5.78 Å². The fraction of sp³-hybridized carbons (Fsp3) is 0.818. The lowest BCUT2D eigenvalue weighted by atomic mass is 10.2. The van der Waals surface area contributed by atoms with E-state index in [9.17, 15) is 9.59 Å². The molecule has 82 valence electrons. The normalized spacial score (nSPS) is 12.4. The maximum absolute atomic E-state index is 10.8. The molecule has 0 radical (unpaired) electrons. The largest absolute Gasteiger partial charge is 0.370 e. The summed E-state index contributed by atoms with van der Waals surface area (Å²) in [7, 11) is 0. The molecular formula is C11H20O3. The molecule has 0 saturated carbocycles. The maximum Gasteiger partial charge on any atom is 0.223 e. The Balaban J connectivity index is 3.27. The fourth-order valence-electron chi connectivity index (χ4n) is 1.14. The first-order chi connectivity index (χ1) is 6.72. The van der Waals surface area contributed by atoms with Crippen LogP contribution in [-0.4, -0.2) is 24.8 Å². The van der Waals surface area contributed by atoms with Crippen molar-refractivity contribution >= 4 is 12.1 Å². The Hall–Kier alpha value is -0.700. The van der Waals surface area contributed by atoms with E-state index < -0.39 is 11.9 Å². The molecule has 0 heterocycles. The van der Waals surface area contributed by atoms with Gasteiger partial charge in [0.15, 0.2) is 6.29 Å². The molecule has 0 amide bonds. The molecule has 0 aliphatic rings. The Morgan fingerprint density at radius 3 is 2.50 bits per heavy atom. The zero-order valence-electron chi connectivity index (χ0n) is 9.12. The second-order valence-corrected chi connectivity index (χ2v) is 3.45. The maximum atomic E-state index is 10.8. The molecule has 0 spiro atoms. The van der Waals surface area contributed by atoms with Crippen molar-refractivity contribution in [2.75, 3.05) is 6.61 Å². The highest BCUT2D eigenvalue weighted by molar-refractivity contribution is 6.26. The van der Waals surface area contributed by atoms with E-state index >= 15 is 0 Å². The van der Waals surface area contributed by atoms with Crippen molar-refractivity contribution in [1.29, 1.82) is 0 Å². The number of hydrogen-bond donors (Lipinski definition) is 0. The van der Waals surface area contributed by atoms with Crippen LogP contribution < -0.4 is 0 Å². The van der Waals surface area contributed by atoms with Crippen LogP contribution in [0.1, 0.15) is 46.0 Å². The zero-order valence-corrected chi connectivity index (χ0v) is 9.12. The van der Waals surface area contributed by atoms with Crippen molar-refractivity contribution < 1.29 is 14.3 Å². The van der Waals surface area contributed by atoms with E-state index in [4.69, 9.17) is 4.74 Å². The van der Waals surface area contributed by atoms with Crippen LogP contribution in [0, 0.1) is 0 Å². The number of ketones is 1. The predicted molar refractivity (Wildman–Crippen MR) is 55.2 cm³/mol. The highest BCUT2D eigenvalue weighted by Gasteiger charge is 2.10. The lowest BCUT2D eigenvalue weighted by Crippen LogP contribution is -2.22. The number of ether oxygens (including phenoxy) is 1.